The SMILES string of the molecule is N#Cc1ccccc1Oc1cc2c(N3CC4CCC(C3)N4)nc(OCC34CCCN3C[C@H](F)C4)nc2cc1-c1cc(O)cc2ccccc12. The minimum Gasteiger partial charge on any atom is -0.508 e. The summed E-state index contributed by atoms with van der Waals surface area (Å²) in [5, 5.41) is 27.1. The van der Waals surface area contributed by atoms with Crippen molar-refractivity contribution < 1.29 is 19.0 Å². The lowest BCUT2D eigenvalue weighted by molar-refractivity contribution is 0.107. The topological polar surface area (TPSA) is 107 Å². The van der Waals surface area contributed by atoms with Crippen molar-refractivity contribution in [3.63, 3.8) is 0 Å². The number of phenolic OH excluding ortho intramolecular Hbond substituents is 1. The second-order valence-electron chi connectivity index (χ2n) is 14.0. The van der Waals surface area contributed by atoms with E-state index in [0.717, 1.165) is 72.9 Å². The van der Waals surface area contributed by atoms with Gasteiger partial charge in [0.25, 0.3) is 0 Å². The predicted molar refractivity (Wildman–Crippen MR) is 186 cm³/mol. The molecule has 10 heteroatoms. The van der Waals surface area contributed by atoms with E-state index >= 15 is 0 Å². The first-order valence-electron chi connectivity index (χ1n) is 17.2. The van der Waals surface area contributed by atoms with E-state index in [4.69, 9.17) is 19.4 Å². The molecule has 0 spiro atoms. The van der Waals surface area contributed by atoms with Gasteiger partial charge in [0.15, 0.2) is 0 Å². The second kappa shape index (κ2) is 11.9. The third-order valence-corrected chi connectivity index (χ3v) is 10.9. The van der Waals surface area contributed by atoms with Crippen LogP contribution in [0.3, 0.4) is 0 Å². The zero-order valence-corrected chi connectivity index (χ0v) is 27.1. The summed E-state index contributed by atoms with van der Waals surface area (Å²) in [5.41, 5.74) is 2.23. The van der Waals surface area contributed by atoms with Gasteiger partial charge in [-0.05, 0) is 85.0 Å². The number of alkyl halides is 1. The first kappa shape index (κ1) is 30.1. The average Bonchev–Trinajstić information content (AvgIpc) is 3.76. The summed E-state index contributed by atoms with van der Waals surface area (Å²) >= 11 is 0. The molecule has 2 N–H and O–H groups in total. The Bertz CT molecular complexity index is 2120. The van der Waals surface area contributed by atoms with Gasteiger partial charge in [-0.15, -0.1) is 0 Å². The number of hydrogen-bond donors (Lipinski definition) is 2. The Morgan fingerprint density at radius 1 is 0.939 bits per heavy atom. The molecular weight excluding hydrogens is 619 g/mol. The Balaban J connectivity index is 1.22. The Kier molecular flexibility index (Phi) is 7.29. The van der Waals surface area contributed by atoms with E-state index in [0.29, 0.717) is 59.8 Å². The van der Waals surface area contributed by atoms with Gasteiger partial charge in [0, 0.05) is 49.1 Å². The molecule has 0 radical (unpaired) electrons. The van der Waals surface area contributed by atoms with Gasteiger partial charge in [-0.1, -0.05) is 36.4 Å². The van der Waals surface area contributed by atoms with E-state index in [2.05, 4.69) is 21.2 Å². The molecule has 0 aliphatic carbocycles. The normalized spacial score (nSPS) is 24.7. The summed E-state index contributed by atoms with van der Waals surface area (Å²) < 4.78 is 27.7. The van der Waals surface area contributed by atoms with Crippen LogP contribution in [0, 0.1) is 11.3 Å². The van der Waals surface area contributed by atoms with Crippen LogP contribution in [0.4, 0.5) is 10.2 Å². The Hall–Kier alpha value is -4.98. The van der Waals surface area contributed by atoms with Crippen LogP contribution in [0.5, 0.6) is 23.3 Å². The number of nitriles is 1. The Morgan fingerprint density at radius 3 is 2.61 bits per heavy atom. The van der Waals surface area contributed by atoms with E-state index in [1.807, 2.05) is 48.5 Å². The van der Waals surface area contributed by atoms with Crippen LogP contribution < -0.4 is 19.7 Å². The van der Waals surface area contributed by atoms with Crippen molar-refractivity contribution in [3.8, 4) is 40.5 Å². The summed E-state index contributed by atoms with van der Waals surface area (Å²) in [7, 11) is 0. The van der Waals surface area contributed by atoms with Crippen molar-refractivity contribution in [2.45, 2.75) is 55.9 Å². The molecule has 1 aromatic heterocycles. The van der Waals surface area contributed by atoms with Gasteiger partial charge in [-0.3, -0.25) is 4.90 Å². The summed E-state index contributed by atoms with van der Waals surface area (Å²) in [6, 6.07) is 25.7. The molecule has 4 aromatic carbocycles. The van der Waals surface area contributed by atoms with Crippen molar-refractivity contribution in [1.82, 2.24) is 20.2 Å². The second-order valence-corrected chi connectivity index (χ2v) is 14.0. The number of nitrogens with one attached hydrogen (secondary N) is 1. The van der Waals surface area contributed by atoms with Crippen molar-refractivity contribution in [1.29, 1.82) is 5.26 Å². The van der Waals surface area contributed by atoms with Crippen LogP contribution in [-0.4, -0.2) is 76.6 Å². The molecule has 3 unspecified atom stereocenters. The summed E-state index contributed by atoms with van der Waals surface area (Å²) in [6.45, 7) is 3.28. The summed E-state index contributed by atoms with van der Waals surface area (Å²) in [6.07, 6.45) is 3.78. The van der Waals surface area contributed by atoms with Gasteiger partial charge in [-0.2, -0.15) is 15.2 Å². The molecule has 4 aliphatic rings. The third kappa shape index (κ3) is 5.38. The van der Waals surface area contributed by atoms with Gasteiger partial charge in [0.1, 0.15) is 41.9 Å². The monoisotopic (exact) mass is 656 g/mol. The molecule has 0 saturated carbocycles. The smallest absolute Gasteiger partial charge is 0.319 e. The molecule has 248 valence electrons. The number of para-hydroxylation sites is 1. The third-order valence-electron chi connectivity index (χ3n) is 10.9. The molecular formula is C39H37FN6O3. The summed E-state index contributed by atoms with van der Waals surface area (Å²) in [5.74, 6) is 1.84. The van der Waals surface area contributed by atoms with Crippen LogP contribution in [0.15, 0.2) is 72.8 Å². The van der Waals surface area contributed by atoms with Gasteiger partial charge >= 0.3 is 6.01 Å². The molecule has 4 saturated heterocycles. The minimum absolute atomic E-state index is 0.129. The van der Waals surface area contributed by atoms with Crippen LogP contribution in [0.25, 0.3) is 32.8 Å². The number of ether oxygens (including phenoxy) is 2. The van der Waals surface area contributed by atoms with Crippen LogP contribution in [0.2, 0.25) is 0 Å². The first-order valence-corrected chi connectivity index (χ1v) is 17.2. The highest BCUT2D eigenvalue weighted by molar-refractivity contribution is 6.03. The molecule has 5 heterocycles. The van der Waals surface area contributed by atoms with Gasteiger partial charge < -0.3 is 24.8 Å². The number of anilines is 1. The van der Waals surface area contributed by atoms with Gasteiger partial charge in [0.2, 0.25) is 0 Å². The van der Waals surface area contributed by atoms with E-state index in [9.17, 15) is 14.8 Å². The Labute approximate surface area is 283 Å². The average molecular weight is 657 g/mol. The number of aromatic hydroxyl groups is 1. The van der Waals surface area contributed by atoms with E-state index in [-0.39, 0.29) is 17.3 Å². The maximum absolute atomic E-state index is 14.6. The van der Waals surface area contributed by atoms with Crippen LogP contribution in [0.1, 0.15) is 37.7 Å². The molecule has 2 bridgehead atoms. The highest BCUT2D eigenvalue weighted by Gasteiger charge is 2.49. The lowest BCUT2D eigenvalue weighted by atomic mass is 9.95. The number of hydrogen-bond acceptors (Lipinski definition) is 9. The number of phenols is 1. The molecule has 4 fully saturated rings. The number of fused-ring (bicyclic) bond motifs is 5. The number of piperazine rings is 1. The molecule has 49 heavy (non-hydrogen) atoms. The van der Waals surface area contributed by atoms with Gasteiger partial charge in [-0.25, -0.2) is 4.39 Å². The van der Waals surface area contributed by atoms with Gasteiger partial charge in [0.05, 0.1) is 16.6 Å². The molecule has 9 nitrogen and oxygen atoms in total. The van der Waals surface area contributed by atoms with Crippen molar-refractivity contribution in [3.05, 3.63) is 78.4 Å². The number of nitrogens with zero attached hydrogens (tertiary/aromatic N) is 5. The fourth-order valence-corrected chi connectivity index (χ4v) is 8.62. The van der Waals surface area contributed by atoms with Crippen molar-refractivity contribution in [2.24, 2.45) is 0 Å². The Morgan fingerprint density at radius 2 is 1.76 bits per heavy atom. The lowest BCUT2D eigenvalue weighted by Crippen LogP contribution is -2.51. The fourth-order valence-electron chi connectivity index (χ4n) is 8.62. The largest absolute Gasteiger partial charge is 0.508 e. The first-order chi connectivity index (χ1) is 23.9. The van der Waals surface area contributed by atoms with E-state index in [1.54, 1.807) is 24.3 Å². The van der Waals surface area contributed by atoms with Crippen molar-refractivity contribution in [2.75, 3.05) is 37.7 Å². The van der Waals surface area contributed by atoms with E-state index in [1.165, 1.54) is 0 Å². The van der Waals surface area contributed by atoms with Crippen LogP contribution in [-0.2, 0) is 0 Å². The predicted octanol–water partition coefficient (Wildman–Crippen LogP) is 6.72. The van der Waals surface area contributed by atoms with Crippen molar-refractivity contribution >= 4 is 27.5 Å². The standard InChI is InChI=1S/C39H37FN6O3/c40-26-18-39(12-5-13-46(39)20-26)23-48-38-43-34-16-32(31-15-29(47)14-24-6-1-3-8-30(24)31)36(49-35-9-4-2-7-25(35)19-41)17-33(34)37(44-38)45-21-27-10-11-28(22-45)42-27/h1-4,6-9,14-17,26-28,42,47H,5,10-13,18,20-23H2/t26-,27?,28?,39?/m1/s1. The number of benzene rings is 4. The zero-order chi connectivity index (χ0) is 33.1. The quantitative estimate of drug-likeness (QED) is 0.198. The molecule has 0 amide bonds. The molecule has 9 rings (SSSR count). The minimum atomic E-state index is -0.849. The summed E-state index contributed by atoms with van der Waals surface area (Å²) in [4.78, 5) is 14.6. The maximum atomic E-state index is 14.6. The fraction of sp³-hybridized carbons (Fsp3) is 0.359. The highest BCUT2D eigenvalue weighted by Crippen LogP contribution is 2.45. The van der Waals surface area contributed by atoms with E-state index < -0.39 is 6.17 Å². The maximum Gasteiger partial charge on any atom is 0.319 e. The number of halogens is 1. The van der Waals surface area contributed by atoms with Crippen LogP contribution >= 0.6 is 0 Å². The molecule has 5 aromatic rings. The molecule has 4 atom stereocenters. The highest BCUT2D eigenvalue weighted by atomic mass is 19.1. The lowest BCUT2D eigenvalue weighted by Gasteiger charge is -2.34. The molecule has 4 aliphatic heterocycles. The number of aromatic nitrogens is 2. The zero-order valence-electron chi connectivity index (χ0n) is 27.1. The number of rotatable bonds is 7.